The lowest BCUT2D eigenvalue weighted by Crippen LogP contribution is -2.23. The first-order valence-corrected chi connectivity index (χ1v) is 7.80. The Hall–Kier alpha value is -1.27. The van der Waals surface area contributed by atoms with E-state index in [2.05, 4.69) is 0 Å². The summed E-state index contributed by atoms with van der Waals surface area (Å²) in [6, 6.07) is 4.86. The van der Waals surface area contributed by atoms with Gasteiger partial charge < -0.3 is 10.5 Å². The van der Waals surface area contributed by atoms with Crippen LogP contribution in [0.2, 0.25) is 0 Å². The third-order valence-electron chi connectivity index (χ3n) is 3.27. The average molecular weight is 284 g/mol. The molecule has 1 aromatic rings. The summed E-state index contributed by atoms with van der Waals surface area (Å²) >= 11 is 0. The van der Waals surface area contributed by atoms with Crippen LogP contribution < -0.4 is 10.5 Å². The van der Waals surface area contributed by atoms with Crippen LogP contribution in [-0.4, -0.2) is 33.4 Å². The molecular weight excluding hydrogens is 264 g/mol. The second kappa shape index (κ2) is 5.38. The number of nitrogens with zero attached hydrogens (tertiary/aromatic N) is 1. The van der Waals surface area contributed by atoms with E-state index in [1.165, 1.54) is 33.0 Å². The van der Waals surface area contributed by atoms with Gasteiger partial charge in [-0.3, -0.25) is 0 Å². The number of benzene rings is 1. The summed E-state index contributed by atoms with van der Waals surface area (Å²) in [5.74, 6) is 1.22. The molecule has 6 heteroatoms. The van der Waals surface area contributed by atoms with Gasteiger partial charge in [0.1, 0.15) is 10.6 Å². The Morgan fingerprint density at radius 1 is 1.37 bits per heavy atom. The molecule has 1 saturated carbocycles. The van der Waals surface area contributed by atoms with Crippen molar-refractivity contribution >= 4 is 15.7 Å². The minimum absolute atomic E-state index is 0.0985. The Labute approximate surface area is 114 Å². The molecule has 0 heterocycles. The van der Waals surface area contributed by atoms with Crippen molar-refractivity contribution in [1.82, 2.24) is 4.31 Å². The quantitative estimate of drug-likeness (QED) is 0.807. The molecule has 1 aromatic carbocycles. The van der Waals surface area contributed by atoms with Crippen molar-refractivity contribution in [3.05, 3.63) is 18.2 Å². The smallest absolute Gasteiger partial charge is 0.244 e. The minimum atomic E-state index is -3.53. The number of rotatable bonds is 6. The summed E-state index contributed by atoms with van der Waals surface area (Å²) in [5.41, 5.74) is 6.10. The average Bonchev–Trinajstić information content (AvgIpc) is 3.15. The van der Waals surface area contributed by atoms with E-state index in [0.717, 1.165) is 16.6 Å². The van der Waals surface area contributed by atoms with Crippen molar-refractivity contribution in [3.63, 3.8) is 0 Å². The third-order valence-corrected chi connectivity index (χ3v) is 5.14. The molecule has 0 amide bonds. The number of hydrogen-bond acceptors (Lipinski definition) is 4. The van der Waals surface area contributed by atoms with Crippen LogP contribution in [0.15, 0.2) is 23.1 Å². The monoisotopic (exact) mass is 284 g/mol. The van der Waals surface area contributed by atoms with E-state index in [-0.39, 0.29) is 10.6 Å². The predicted molar refractivity (Wildman–Crippen MR) is 74.6 cm³/mol. The Balaban J connectivity index is 2.17. The largest absolute Gasteiger partial charge is 0.491 e. The molecule has 0 aliphatic heterocycles. The van der Waals surface area contributed by atoms with E-state index >= 15 is 0 Å². The Morgan fingerprint density at radius 2 is 2.05 bits per heavy atom. The molecule has 1 aliphatic rings. The molecular formula is C13H20N2O3S. The van der Waals surface area contributed by atoms with Gasteiger partial charge in [0.15, 0.2) is 0 Å². The van der Waals surface area contributed by atoms with Crippen LogP contribution in [-0.2, 0) is 10.0 Å². The van der Waals surface area contributed by atoms with Gasteiger partial charge in [-0.1, -0.05) is 18.9 Å². The van der Waals surface area contributed by atoms with Crippen molar-refractivity contribution < 1.29 is 13.2 Å². The minimum Gasteiger partial charge on any atom is -0.491 e. The Kier molecular flexibility index (Phi) is 4.01. The van der Waals surface area contributed by atoms with Crippen molar-refractivity contribution in [2.45, 2.75) is 24.2 Å². The lowest BCUT2D eigenvalue weighted by Gasteiger charge is -2.15. The molecule has 0 aromatic heterocycles. The van der Waals surface area contributed by atoms with Crippen LogP contribution in [0.1, 0.15) is 19.3 Å². The topological polar surface area (TPSA) is 72.6 Å². The third kappa shape index (κ3) is 3.19. The van der Waals surface area contributed by atoms with E-state index in [9.17, 15) is 8.42 Å². The number of nitrogens with two attached hydrogens (primary N) is 1. The molecule has 0 radical (unpaired) electrons. The van der Waals surface area contributed by atoms with Crippen LogP contribution in [0.5, 0.6) is 5.75 Å². The molecule has 19 heavy (non-hydrogen) atoms. The molecule has 1 aliphatic carbocycles. The maximum absolute atomic E-state index is 12.1. The number of ether oxygens (including phenoxy) is 1. The normalized spacial score (nSPS) is 15.7. The van der Waals surface area contributed by atoms with Gasteiger partial charge in [-0.25, -0.2) is 12.7 Å². The summed E-state index contributed by atoms with van der Waals surface area (Å²) < 4.78 is 30.9. The van der Waals surface area contributed by atoms with E-state index in [0.29, 0.717) is 12.4 Å². The zero-order valence-electron chi connectivity index (χ0n) is 11.3. The number of hydrogen-bond donors (Lipinski definition) is 1. The fourth-order valence-corrected chi connectivity index (χ4v) is 2.84. The van der Waals surface area contributed by atoms with Gasteiger partial charge in [0, 0.05) is 14.1 Å². The van der Waals surface area contributed by atoms with E-state index in [4.69, 9.17) is 10.5 Å². The molecule has 2 rings (SSSR count). The van der Waals surface area contributed by atoms with Crippen molar-refractivity contribution in [1.29, 1.82) is 0 Å². The second-order valence-corrected chi connectivity index (χ2v) is 7.16. The first-order chi connectivity index (χ1) is 8.93. The highest BCUT2D eigenvalue weighted by molar-refractivity contribution is 7.89. The fraction of sp³-hybridized carbons (Fsp3) is 0.538. The summed E-state index contributed by atoms with van der Waals surface area (Å²) in [4.78, 5) is 0.0985. The molecule has 0 spiro atoms. The molecule has 2 N–H and O–H groups in total. The van der Waals surface area contributed by atoms with Gasteiger partial charge in [-0.15, -0.1) is 0 Å². The van der Waals surface area contributed by atoms with Gasteiger partial charge in [-0.05, 0) is 24.5 Å². The highest BCUT2D eigenvalue weighted by atomic mass is 32.2. The zero-order valence-corrected chi connectivity index (χ0v) is 12.1. The highest BCUT2D eigenvalue weighted by Gasteiger charge is 2.23. The van der Waals surface area contributed by atoms with Gasteiger partial charge in [0.2, 0.25) is 10.0 Å². The van der Waals surface area contributed by atoms with Crippen molar-refractivity contribution in [3.8, 4) is 5.75 Å². The van der Waals surface area contributed by atoms with Crippen LogP contribution in [0.4, 0.5) is 5.69 Å². The van der Waals surface area contributed by atoms with Gasteiger partial charge in [0.05, 0.1) is 12.3 Å². The molecule has 106 valence electrons. The molecule has 0 atom stereocenters. The number of anilines is 1. The molecule has 5 nitrogen and oxygen atoms in total. The van der Waals surface area contributed by atoms with E-state index in [1.54, 1.807) is 12.1 Å². The maximum atomic E-state index is 12.1. The van der Waals surface area contributed by atoms with Crippen molar-refractivity contribution in [2.24, 2.45) is 5.92 Å². The van der Waals surface area contributed by atoms with Crippen LogP contribution in [0, 0.1) is 5.92 Å². The maximum Gasteiger partial charge on any atom is 0.244 e. The zero-order chi connectivity index (χ0) is 14.0. The van der Waals surface area contributed by atoms with Gasteiger partial charge in [-0.2, -0.15) is 0 Å². The van der Waals surface area contributed by atoms with Crippen LogP contribution >= 0.6 is 0 Å². The molecule has 0 bridgehead atoms. The lowest BCUT2D eigenvalue weighted by molar-refractivity contribution is 0.303. The number of sulfonamides is 1. The lowest BCUT2D eigenvalue weighted by atomic mass is 10.3. The summed E-state index contributed by atoms with van der Waals surface area (Å²) in [5, 5.41) is 0. The molecule has 0 saturated heterocycles. The number of nitrogen functional groups attached to an aromatic ring is 1. The first-order valence-electron chi connectivity index (χ1n) is 6.36. The standard InChI is InChI=1S/C13H20N2O3S/c1-15(2)19(16,17)12-5-3-4-11(13(12)14)18-9-8-10-6-7-10/h3-5,10H,6-9,14H2,1-2H3. The molecule has 0 unspecified atom stereocenters. The van der Waals surface area contributed by atoms with Crippen LogP contribution in [0.3, 0.4) is 0 Å². The van der Waals surface area contributed by atoms with E-state index in [1.807, 2.05) is 0 Å². The fourth-order valence-electron chi connectivity index (χ4n) is 1.81. The highest BCUT2D eigenvalue weighted by Crippen LogP contribution is 2.34. The Morgan fingerprint density at radius 3 is 2.63 bits per heavy atom. The van der Waals surface area contributed by atoms with Crippen LogP contribution in [0.25, 0.3) is 0 Å². The van der Waals surface area contributed by atoms with Crippen molar-refractivity contribution in [2.75, 3.05) is 26.4 Å². The summed E-state index contributed by atoms with van der Waals surface area (Å²) in [7, 11) is -0.568. The first kappa shape index (κ1) is 14.1. The summed E-state index contributed by atoms with van der Waals surface area (Å²) in [6.07, 6.45) is 3.55. The molecule has 1 fully saturated rings. The SMILES string of the molecule is CN(C)S(=O)(=O)c1cccc(OCCC2CC2)c1N. The van der Waals surface area contributed by atoms with E-state index < -0.39 is 10.0 Å². The summed E-state index contributed by atoms with van der Waals surface area (Å²) in [6.45, 7) is 0.584. The van der Waals surface area contributed by atoms with Gasteiger partial charge >= 0.3 is 0 Å². The second-order valence-electron chi connectivity index (χ2n) is 5.04. The van der Waals surface area contributed by atoms with Gasteiger partial charge in [0.25, 0.3) is 0 Å². The predicted octanol–water partition coefficient (Wildman–Crippen LogP) is 1.70. The number of para-hydroxylation sites is 1. The Bertz CT molecular complexity index is 551.